The number of ketones is 1. The number of aryl methyl sites for hydroxylation is 1. The van der Waals surface area contributed by atoms with Crippen LogP contribution in [0.5, 0.6) is 0 Å². The van der Waals surface area contributed by atoms with Gasteiger partial charge in [0, 0.05) is 35.1 Å². The maximum absolute atomic E-state index is 12.1. The number of hydrogen-bond donors (Lipinski definition) is 0. The predicted molar refractivity (Wildman–Crippen MR) is 77.5 cm³/mol. The molecular weight excluding hydrogens is 236 g/mol. The number of hydrogen-bond acceptors (Lipinski definition) is 2. The monoisotopic (exact) mass is 262 g/mol. The number of rotatable bonds is 4. The average molecular weight is 262 g/mol. The minimum absolute atomic E-state index is 0.125. The summed E-state index contributed by atoms with van der Waals surface area (Å²) in [6, 6.07) is 0.376. The van der Waals surface area contributed by atoms with Crippen molar-refractivity contribution >= 4 is 5.78 Å². The molecule has 0 aromatic carbocycles. The molecule has 1 saturated carbocycles. The number of nitrogens with zero attached hydrogens (tertiary/aromatic N) is 2. The molecule has 1 aliphatic carbocycles. The van der Waals surface area contributed by atoms with Crippen molar-refractivity contribution < 1.29 is 4.79 Å². The van der Waals surface area contributed by atoms with Gasteiger partial charge in [0.05, 0.1) is 5.69 Å². The smallest absolute Gasteiger partial charge is 0.140 e. The second-order valence-electron chi connectivity index (χ2n) is 6.17. The fourth-order valence-corrected chi connectivity index (χ4v) is 3.85. The summed E-state index contributed by atoms with van der Waals surface area (Å²) < 4.78 is 2.10. The van der Waals surface area contributed by atoms with E-state index in [0.29, 0.717) is 24.2 Å². The van der Waals surface area contributed by atoms with Gasteiger partial charge in [0.25, 0.3) is 0 Å². The van der Waals surface area contributed by atoms with Crippen LogP contribution < -0.4 is 0 Å². The summed E-state index contributed by atoms with van der Waals surface area (Å²) in [6.07, 6.45) is 2.59. The highest BCUT2D eigenvalue weighted by molar-refractivity contribution is 5.93. The highest BCUT2D eigenvalue weighted by Gasteiger charge is 2.53. The molecule has 1 heterocycles. The zero-order chi connectivity index (χ0) is 14.4. The van der Waals surface area contributed by atoms with Gasteiger partial charge >= 0.3 is 0 Å². The van der Waals surface area contributed by atoms with Crippen molar-refractivity contribution in [3.63, 3.8) is 0 Å². The van der Waals surface area contributed by atoms with E-state index in [1.807, 2.05) is 0 Å². The van der Waals surface area contributed by atoms with Crippen molar-refractivity contribution in [3.05, 3.63) is 17.0 Å². The van der Waals surface area contributed by atoms with Crippen LogP contribution in [0.2, 0.25) is 0 Å². The van der Waals surface area contributed by atoms with Crippen LogP contribution >= 0.6 is 0 Å². The van der Waals surface area contributed by atoms with E-state index >= 15 is 0 Å². The number of carbonyl (C=O) groups excluding carboxylic acids is 1. The Morgan fingerprint density at radius 1 is 1.32 bits per heavy atom. The Kier molecular flexibility index (Phi) is 3.59. The Balaban J connectivity index is 2.46. The van der Waals surface area contributed by atoms with Crippen LogP contribution in [0.3, 0.4) is 0 Å². The molecule has 0 radical (unpaired) electrons. The SMILES string of the molecule is CCC1(CC)C(=O)CC1c1c(C)nn(C(C)C)c1C. The molecule has 1 aromatic heterocycles. The molecule has 1 aromatic rings. The molecule has 19 heavy (non-hydrogen) atoms. The van der Waals surface area contributed by atoms with Crippen LogP contribution in [0.1, 0.15) is 75.9 Å². The van der Waals surface area contributed by atoms with Crippen LogP contribution in [-0.2, 0) is 4.79 Å². The minimum Gasteiger partial charge on any atom is -0.299 e. The van der Waals surface area contributed by atoms with Gasteiger partial charge in [-0.3, -0.25) is 9.48 Å². The molecule has 0 spiro atoms. The minimum atomic E-state index is -0.125. The predicted octanol–water partition coefficient (Wildman–Crippen LogP) is 3.94. The molecule has 3 heteroatoms. The fourth-order valence-electron chi connectivity index (χ4n) is 3.85. The first-order valence-corrected chi connectivity index (χ1v) is 7.47. The van der Waals surface area contributed by atoms with Gasteiger partial charge in [0.2, 0.25) is 0 Å². The molecule has 0 aliphatic heterocycles. The maximum Gasteiger partial charge on any atom is 0.140 e. The number of Topliss-reactive ketones (excluding diaryl/α,β-unsaturated/α-hetero) is 1. The fraction of sp³-hybridized carbons (Fsp3) is 0.750. The van der Waals surface area contributed by atoms with E-state index in [4.69, 9.17) is 0 Å². The molecular formula is C16H26N2O. The second-order valence-corrected chi connectivity index (χ2v) is 6.17. The summed E-state index contributed by atoms with van der Waals surface area (Å²) in [5.41, 5.74) is 3.56. The summed E-state index contributed by atoms with van der Waals surface area (Å²) in [5, 5.41) is 4.68. The zero-order valence-corrected chi connectivity index (χ0v) is 13.1. The highest BCUT2D eigenvalue weighted by atomic mass is 16.1. The van der Waals surface area contributed by atoms with Crippen LogP contribution in [0.15, 0.2) is 0 Å². The van der Waals surface area contributed by atoms with Crippen LogP contribution in [0.4, 0.5) is 0 Å². The molecule has 1 atom stereocenters. The molecule has 1 fully saturated rings. The van der Waals surface area contributed by atoms with Crippen molar-refractivity contribution in [1.29, 1.82) is 0 Å². The number of aromatic nitrogens is 2. The Bertz CT molecular complexity index is 495. The van der Waals surface area contributed by atoms with E-state index in [-0.39, 0.29) is 5.41 Å². The third-order valence-electron chi connectivity index (χ3n) is 5.09. The molecule has 1 aliphatic rings. The molecule has 106 valence electrons. The van der Waals surface area contributed by atoms with Gasteiger partial charge in [-0.2, -0.15) is 5.10 Å². The summed E-state index contributed by atoms with van der Waals surface area (Å²) in [7, 11) is 0. The first kappa shape index (κ1) is 14.3. The van der Waals surface area contributed by atoms with E-state index in [2.05, 4.69) is 51.3 Å². The van der Waals surface area contributed by atoms with Crippen LogP contribution in [0.25, 0.3) is 0 Å². The van der Waals surface area contributed by atoms with E-state index in [1.165, 1.54) is 11.3 Å². The maximum atomic E-state index is 12.1. The van der Waals surface area contributed by atoms with Crippen LogP contribution in [0, 0.1) is 19.3 Å². The zero-order valence-electron chi connectivity index (χ0n) is 13.1. The lowest BCUT2D eigenvalue weighted by Gasteiger charge is -2.47. The highest BCUT2D eigenvalue weighted by Crippen LogP contribution is 2.55. The van der Waals surface area contributed by atoms with Gasteiger partial charge in [-0.25, -0.2) is 0 Å². The van der Waals surface area contributed by atoms with Crippen molar-refractivity contribution in [2.24, 2.45) is 5.41 Å². The summed E-state index contributed by atoms with van der Waals surface area (Å²) >= 11 is 0. The van der Waals surface area contributed by atoms with Gasteiger partial charge in [0.15, 0.2) is 0 Å². The summed E-state index contributed by atoms with van der Waals surface area (Å²) in [4.78, 5) is 12.1. The quantitative estimate of drug-likeness (QED) is 0.823. The number of carbonyl (C=O) groups is 1. The van der Waals surface area contributed by atoms with Gasteiger partial charge in [-0.15, -0.1) is 0 Å². The van der Waals surface area contributed by atoms with Gasteiger partial charge in [-0.05, 0) is 40.5 Å². The summed E-state index contributed by atoms with van der Waals surface area (Å²) in [5.74, 6) is 0.820. The van der Waals surface area contributed by atoms with Crippen molar-refractivity contribution in [2.45, 2.75) is 72.8 Å². The lowest BCUT2D eigenvalue weighted by atomic mass is 9.54. The second kappa shape index (κ2) is 4.77. The van der Waals surface area contributed by atoms with E-state index < -0.39 is 0 Å². The normalized spacial score (nSPS) is 21.8. The molecule has 3 nitrogen and oxygen atoms in total. The van der Waals surface area contributed by atoms with Crippen LogP contribution in [-0.4, -0.2) is 15.6 Å². The van der Waals surface area contributed by atoms with E-state index in [0.717, 1.165) is 18.5 Å². The lowest BCUT2D eigenvalue weighted by molar-refractivity contribution is -0.141. The van der Waals surface area contributed by atoms with Gasteiger partial charge in [-0.1, -0.05) is 13.8 Å². The lowest BCUT2D eigenvalue weighted by Crippen LogP contribution is -2.47. The largest absolute Gasteiger partial charge is 0.299 e. The Morgan fingerprint density at radius 3 is 2.26 bits per heavy atom. The first-order valence-electron chi connectivity index (χ1n) is 7.47. The third-order valence-corrected chi connectivity index (χ3v) is 5.09. The van der Waals surface area contributed by atoms with Gasteiger partial charge in [0.1, 0.15) is 5.78 Å². The van der Waals surface area contributed by atoms with Crippen molar-refractivity contribution in [1.82, 2.24) is 9.78 Å². The summed E-state index contributed by atoms with van der Waals surface area (Å²) in [6.45, 7) is 12.8. The van der Waals surface area contributed by atoms with E-state index in [1.54, 1.807) is 0 Å². The standard InChI is InChI=1S/C16H26N2O/c1-7-16(8-2)13(9-14(16)19)15-11(5)17-18(10(3)4)12(15)6/h10,13H,7-9H2,1-6H3. The average Bonchev–Trinajstić information content (AvgIpc) is 2.64. The van der Waals surface area contributed by atoms with Crippen molar-refractivity contribution in [2.75, 3.05) is 0 Å². The third kappa shape index (κ3) is 1.86. The molecule has 2 rings (SSSR count). The Labute approximate surface area is 116 Å². The van der Waals surface area contributed by atoms with Crippen molar-refractivity contribution in [3.8, 4) is 0 Å². The Morgan fingerprint density at radius 2 is 1.89 bits per heavy atom. The topological polar surface area (TPSA) is 34.9 Å². The van der Waals surface area contributed by atoms with E-state index in [9.17, 15) is 4.79 Å². The molecule has 0 saturated heterocycles. The van der Waals surface area contributed by atoms with Gasteiger partial charge < -0.3 is 0 Å². The molecule has 0 bridgehead atoms. The first-order chi connectivity index (χ1) is 8.89. The Hall–Kier alpha value is -1.12. The molecule has 0 N–H and O–H groups in total. The molecule has 0 amide bonds. The molecule has 1 unspecified atom stereocenters.